The van der Waals surface area contributed by atoms with Crippen LogP contribution in [0, 0.1) is 9.39 Å². The molecule has 0 aliphatic rings. The van der Waals surface area contributed by atoms with Crippen LogP contribution in [0.3, 0.4) is 0 Å². The molecule has 0 fully saturated rings. The molecular formula is C13H7Cl2FINO. The van der Waals surface area contributed by atoms with Crippen LogP contribution in [0.4, 0.5) is 10.1 Å². The fourth-order valence-corrected chi connectivity index (χ4v) is 2.52. The van der Waals surface area contributed by atoms with Crippen molar-refractivity contribution < 1.29 is 9.18 Å². The van der Waals surface area contributed by atoms with Crippen LogP contribution in [0.2, 0.25) is 10.0 Å². The average Bonchev–Trinajstić information content (AvgIpc) is 2.32. The van der Waals surface area contributed by atoms with Gasteiger partial charge in [-0.25, -0.2) is 4.39 Å². The largest absolute Gasteiger partial charge is 0.321 e. The van der Waals surface area contributed by atoms with Crippen molar-refractivity contribution >= 4 is 57.4 Å². The van der Waals surface area contributed by atoms with Crippen LogP contribution in [0.5, 0.6) is 0 Å². The van der Waals surface area contributed by atoms with E-state index in [2.05, 4.69) is 27.9 Å². The third-order valence-electron chi connectivity index (χ3n) is 2.36. The van der Waals surface area contributed by atoms with Gasteiger partial charge < -0.3 is 5.32 Å². The minimum Gasteiger partial charge on any atom is -0.321 e. The van der Waals surface area contributed by atoms with Gasteiger partial charge in [0.05, 0.1) is 16.3 Å². The molecule has 0 atom stereocenters. The maximum atomic E-state index is 13.6. The normalized spacial score (nSPS) is 10.3. The van der Waals surface area contributed by atoms with E-state index in [1.54, 1.807) is 18.2 Å². The van der Waals surface area contributed by atoms with E-state index in [1.807, 2.05) is 0 Å². The summed E-state index contributed by atoms with van der Waals surface area (Å²) in [5.41, 5.74) is 0.348. The quantitative estimate of drug-likeness (QED) is 0.695. The van der Waals surface area contributed by atoms with E-state index in [9.17, 15) is 9.18 Å². The number of halogens is 4. The van der Waals surface area contributed by atoms with E-state index < -0.39 is 11.7 Å². The molecule has 19 heavy (non-hydrogen) atoms. The molecule has 1 amide bonds. The van der Waals surface area contributed by atoms with Crippen molar-refractivity contribution in [2.45, 2.75) is 0 Å². The summed E-state index contributed by atoms with van der Waals surface area (Å²) in [6.45, 7) is 0. The number of hydrogen-bond acceptors (Lipinski definition) is 1. The third-order valence-corrected chi connectivity index (χ3v) is 3.57. The molecule has 0 heterocycles. The van der Waals surface area contributed by atoms with Crippen molar-refractivity contribution in [1.82, 2.24) is 0 Å². The Balaban J connectivity index is 2.25. The molecule has 2 aromatic carbocycles. The smallest absolute Gasteiger partial charge is 0.258 e. The maximum absolute atomic E-state index is 13.6. The predicted octanol–water partition coefficient (Wildman–Crippen LogP) is 4.99. The lowest BCUT2D eigenvalue weighted by Crippen LogP contribution is -2.14. The lowest BCUT2D eigenvalue weighted by Gasteiger charge is -2.08. The Kier molecular flexibility index (Phi) is 4.65. The Morgan fingerprint density at radius 3 is 2.53 bits per heavy atom. The number of carbonyl (C=O) groups is 1. The summed E-state index contributed by atoms with van der Waals surface area (Å²) in [7, 11) is 0. The Bertz CT molecular complexity index is 649. The first-order chi connectivity index (χ1) is 8.97. The first kappa shape index (κ1) is 14.6. The fraction of sp³-hybridized carbons (Fsp3) is 0. The van der Waals surface area contributed by atoms with Gasteiger partial charge in [0, 0.05) is 8.59 Å². The minimum atomic E-state index is -0.674. The Morgan fingerprint density at radius 1 is 1.16 bits per heavy atom. The zero-order valence-corrected chi connectivity index (χ0v) is 13.1. The molecule has 0 saturated heterocycles. The molecule has 0 aromatic heterocycles. The highest BCUT2D eigenvalue weighted by molar-refractivity contribution is 14.1. The second-order valence-electron chi connectivity index (χ2n) is 3.70. The number of rotatable bonds is 2. The lowest BCUT2D eigenvalue weighted by atomic mass is 10.2. The van der Waals surface area contributed by atoms with Gasteiger partial charge in [-0.15, -0.1) is 0 Å². The summed E-state index contributed by atoms with van der Waals surface area (Å²) in [6.07, 6.45) is 0. The van der Waals surface area contributed by atoms with Gasteiger partial charge in [0.1, 0.15) is 5.82 Å². The summed E-state index contributed by atoms with van der Waals surface area (Å²) >= 11 is 13.7. The van der Waals surface area contributed by atoms with Crippen LogP contribution in [-0.4, -0.2) is 5.91 Å². The van der Waals surface area contributed by atoms with Gasteiger partial charge in [-0.1, -0.05) is 23.2 Å². The summed E-state index contributed by atoms with van der Waals surface area (Å²) in [5, 5.41) is 3.19. The summed E-state index contributed by atoms with van der Waals surface area (Å²) < 4.78 is 14.5. The maximum Gasteiger partial charge on any atom is 0.258 e. The predicted molar refractivity (Wildman–Crippen MR) is 83.5 cm³/mol. The molecule has 0 spiro atoms. The third kappa shape index (κ3) is 3.58. The lowest BCUT2D eigenvalue weighted by molar-refractivity contribution is 0.102. The Morgan fingerprint density at radius 2 is 1.89 bits per heavy atom. The molecule has 2 rings (SSSR count). The Hall–Kier alpha value is -0.850. The average molecular weight is 410 g/mol. The van der Waals surface area contributed by atoms with E-state index in [-0.39, 0.29) is 10.6 Å². The summed E-state index contributed by atoms with van der Waals surface area (Å²) in [5.74, 6) is -1.25. The summed E-state index contributed by atoms with van der Waals surface area (Å²) in [6, 6.07) is 9.03. The van der Waals surface area contributed by atoms with Crippen LogP contribution in [0.15, 0.2) is 36.4 Å². The molecule has 2 nitrogen and oxygen atoms in total. The first-order valence-corrected chi connectivity index (χ1v) is 7.02. The van der Waals surface area contributed by atoms with Gasteiger partial charge in [0.2, 0.25) is 0 Å². The number of hydrogen-bond donors (Lipinski definition) is 1. The second-order valence-corrected chi connectivity index (χ2v) is 5.79. The SMILES string of the molecule is O=C(Nc1ccc(I)cc1Cl)c1ccc(Cl)cc1F. The number of benzene rings is 2. The van der Waals surface area contributed by atoms with Crippen molar-refractivity contribution in [2.24, 2.45) is 0 Å². The molecule has 0 unspecified atom stereocenters. The molecule has 6 heteroatoms. The molecule has 0 aliphatic carbocycles. The van der Waals surface area contributed by atoms with Crippen LogP contribution in [0.25, 0.3) is 0 Å². The van der Waals surface area contributed by atoms with E-state index in [1.165, 1.54) is 12.1 Å². The minimum absolute atomic E-state index is 0.0842. The van der Waals surface area contributed by atoms with Crippen LogP contribution in [-0.2, 0) is 0 Å². The van der Waals surface area contributed by atoms with E-state index in [0.717, 1.165) is 9.64 Å². The number of amides is 1. The molecule has 98 valence electrons. The molecule has 0 aliphatic heterocycles. The standard InChI is InChI=1S/C13H7Cl2FINO/c14-7-1-3-9(11(16)5-7)13(19)18-12-4-2-8(17)6-10(12)15/h1-6H,(H,18,19). The van der Waals surface area contributed by atoms with Crippen LogP contribution >= 0.6 is 45.8 Å². The van der Waals surface area contributed by atoms with Gasteiger partial charge in [-0.3, -0.25) is 4.79 Å². The highest BCUT2D eigenvalue weighted by Crippen LogP contribution is 2.25. The van der Waals surface area contributed by atoms with Gasteiger partial charge in [0.25, 0.3) is 5.91 Å². The van der Waals surface area contributed by atoms with Gasteiger partial charge in [-0.2, -0.15) is 0 Å². The number of anilines is 1. The van der Waals surface area contributed by atoms with Gasteiger partial charge in [-0.05, 0) is 59.0 Å². The van der Waals surface area contributed by atoms with E-state index >= 15 is 0 Å². The molecule has 1 N–H and O–H groups in total. The van der Waals surface area contributed by atoms with Crippen molar-refractivity contribution in [1.29, 1.82) is 0 Å². The number of carbonyl (C=O) groups excluding carboxylic acids is 1. The number of nitrogens with one attached hydrogen (secondary N) is 1. The Labute approximate surface area is 133 Å². The van der Waals surface area contributed by atoms with E-state index in [0.29, 0.717) is 10.7 Å². The zero-order chi connectivity index (χ0) is 14.0. The monoisotopic (exact) mass is 409 g/mol. The summed E-state index contributed by atoms with van der Waals surface area (Å²) in [4.78, 5) is 11.9. The van der Waals surface area contributed by atoms with Crippen LogP contribution < -0.4 is 5.32 Å². The molecular weight excluding hydrogens is 403 g/mol. The van der Waals surface area contributed by atoms with Crippen molar-refractivity contribution in [2.75, 3.05) is 5.32 Å². The zero-order valence-electron chi connectivity index (χ0n) is 9.38. The molecule has 0 radical (unpaired) electrons. The highest BCUT2D eigenvalue weighted by Gasteiger charge is 2.13. The van der Waals surface area contributed by atoms with Crippen molar-refractivity contribution in [3.8, 4) is 0 Å². The fourth-order valence-electron chi connectivity index (χ4n) is 1.45. The van der Waals surface area contributed by atoms with Crippen molar-refractivity contribution in [3.05, 3.63) is 61.4 Å². The first-order valence-electron chi connectivity index (χ1n) is 5.19. The molecule has 0 saturated carbocycles. The van der Waals surface area contributed by atoms with Gasteiger partial charge in [0.15, 0.2) is 0 Å². The molecule has 0 bridgehead atoms. The van der Waals surface area contributed by atoms with Gasteiger partial charge >= 0.3 is 0 Å². The molecule has 2 aromatic rings. The van der Waals surface area contributed by atoms with E-state index in [4.69, 9.17) is 23.2 Å². The van der Waals surface area contributed by atoms with Crippen molar-refractivity contribution in [3.63, 3.8) is 0 Å². The highest BCUT2D eigenvalue weighted by atomic mass is 127. The van der Waals surface area contributed by atoms with Crippen LogP contribution in [0.1, 0.15) is 10.4 Å². The second kappa shape index (κ2) is 6.07. The topological polar surface area (TPSA) is 29.1 Å².